The summed E-state index contributed by atoms with van der Waals surface area (Å²) in [6, 6.07) is 0.218. The van der Waals surface area contributed by atoms with Gasteiger partial charge < -0.3 is 4.90 Å². The van der Waals surface area contributed by atoms with Crippen molar-refractivity contribution >= 4 is 32.1 Å². The SMILES string of the molecule is CC1CC(N(CCCS(=O)(=O)O)CCCS(=O)(=O)O)CCC1C=C1C(=O)N(C2CCCCC2)N(C2CCCCC2)C1=O. The maximum Gasteiger partial charge on any atom is 0.278 e. The number of rotatable bonds is 12. The minimum atomic E-state index is -4.11. The lowest BCUT2D eigenvalue weighted by atomic mass is 9.76. The zero-order chi connectivity index (χ0) is 30.5. The van der Waals surface area contributed by atoms with Gasteiger partial charge in [0.25, 0.3) is 32.1 Å². The Balaban J connectivity index is 1.46. The second kappa shape index (κ2) is 14.5. The molecule has 1 aliphatic heterocycles. The topological polar surface area (TPSA) is 153 Å². The van der Waals surface area contributed by atoms with Crippen molar-refractivity contribution in [3.05, 3.63) is 11.6 Å². The van der Waals surface area contributed by atoms with Crippen LogP contribution in [0.4, 0.5) is 0 Å². The first-order valence-corrected chi connectivity index (χ1v) is 19.1. The standard InChI is InChI=1S/C29H49N3O8S2/c1-22-20-26(30(16-8-18-41(35,36)37)17-9-19-42(38,39)40)15-14-23(22)21-27-28(33)31(24-10-4-2-5-11-24)32(29(27)34)25-12-6-3-7-13-25/h21-26H,2-20H2,1H3,(H,35,36,37)(H,38,39,40). The number of amides is 2. The van der Waals surface area contributed by atoms with Crippen molar-refractivity contribution in [2.75, 3.05) is 24.6 Å². The van der Waals surface area contributed by atoms with E-state index in [2.05, 4.69) is 11.8 Å². The van der Waals surface area contributed by atoms with Gasteiger partial charge in [0.15, 0.2) is 0 Å². The molecule has 0 radical (unpaired) electrons. The first-order chi connectivity index (χ1) is 19.8. The molecule has 3 saturated carbocycles. The molecular weight excluding hydrogens is 582 g/mol. The summed E-state index contributed by atoms with van der Waals surface area (Å²) < 4.78 is 63.3. The van der Waals surface area contributed by atoms with Crippen LogP contribution in [0.25, 0.3) is 0 Å². The summed E-state index contributed by atoms with van der Waals surface area (Å²) in [5.74, 6) is -0.862. The van der Waals surface area contributed by atoms with Crippen molar-refractivity contribution < 1.29 is 35.5 Å². The Hall–Kier alpha value is -1.54. The number of hydrogen-bond acceptors (Lipinski definition) is 7. The fourth-order valence-electron chi connectivity index (χ4n) is 7.57. The molecular formula is C29H49N3O8S2. The number of carbonyl (C=O) groups excluding carboxylic acids is 2. The van der Waals surface area contributed by atoms with E-state index < -0.39 is 20.2 Å². The summed E-state index contributed by atoms with van der Waals surface area (Å²) in [5, 5.41) is 3.65. The predicted molar refractivity (Wildman–Crippen MR) is 159 cm³/mol. The van der Waals surface area contributed by atoms with Gasteiger partial charge in [0, 0.05) is 6.04 Å². The predicted octanol–water partition coefficient (Wildman–Crippen LogP) is 3.83. The van der Waals surface area contributed by atoms with Gasteiger partial charge in [-0.2, -0.15) is 16.8 Å². The van der Waals surface area contributed by atoms with Crippen molar-refractivity contribution in [2.45, 2.75) is 121 Å². The Morgan fingerprint density at radius 3 is 1.60 bits per heavy atom. The molecule has 0 aromatic carbocycles. The van der Waals surface area contributed by atoms with Gasteiger partial charge in [-0.25, -0.2) is 10.0 Å². The van der Waals surface area contributed by atoms with E-state index in [1.54, 1.807) is 0 Å². The first-order valence-electron chi connectivity index (χ1n) is 15.9. The molecule has 3 aliphatic carbocycles. The van der Waals surface area contributed by atoms with E-state index in [4.69, 9.17) is 9.11 Å². The smallest absolute Gasteiger partial charge is 0.278 e. The Bertz CT molecular complexity index is 1120. The zero-order valence-electron chi connectivity index (χ0n) is 24.9. The Kier molecular flexibility index (Phi) is 11.5. The molecule has 4 fully saturated rings. The largest absolute Gasteiger partial charge is 0.300 e. The van der Waals surface area contributed by atoms with E-state index in [0.717, 1.165) is 70.6 Å². The summed E-state index contributed by atoms with van der Waals surface area (Å²) in [6.07, 6.45) is 14.9. The molecule has 1 heterocycles. The van der Waals surface area contributed by atoms with E-state index >= 15 is 0 Å². The molecule has 13 heteroatoms. The molecule has 4 rings (SSSR count). The molecule has 1 saturated heterocycles. The monoisotopic (exact) mass is 631 g/mol. The highest BCUT2D eigenvalue weighted by atomic mass is 32.2. The van der Waals surface area contributed by atoms with Crippen LogP contribution in [-0.2, 0) is 29.8 Å². The molecule has 11 nitrogen and oxygen atoms in total. The summed E-state index contributed by atoms with van der Waals surface area (Å²) in [4.78, 5) is 29.8. The van der Waals surface area contributed by atoms with Gasteiger partial charge in [-0.1, -0.05) is 51.5 Å². The highest BCUT2D eigenvalue weighted by Gasteiger charge is 2.48. The quantitative estimate of drug-likeness (QED) is 0.186. The van der Waals surface area contributed by atoms with Gasteiger partial charge in [0.05, 0.1) is 23.6 Å². The second-order valence-electron chi connectivity index (χ2n) is 12.9. The van der Waals surface area contributed by atoms with Crippen LogP contribution >= 0.6 is 0 Å². The van der Waals surface area contributed by atoms with Crippen LogP contribution in [0.3, 0.4) is 0 Å². The average molecular weight is 632 g/mol. The third-order valence-corrected chi connectivity index (χ3v) is 11.4. The van der Waals surface area contributed by atoms with E-state index in [1.807, 2.05) is 16.1 Å². The normalized spacial score (nSPS) is 27.3. The highest BCUT2D eigenvalue weighted by Crippen LogP contribution is 2.39. The zero-order valence-corrected chi connectivity index (χ0v) is 26.5. The fourth-order valence-corrected chi connectivity index (χ4v) is 8.56. The lowest BCUT2D eigenvalue weighted by Gasteiger charge is -2.41. The molecule has 42 heavy (non-hydrogen) atoms. The summed E-state index contributed by atoms with van der Waals surface area (Å²) >= 11 is 0. The van der Waals surface area contributed by atoms with E-state index in [0.29, 0.717) is 18.7 Å². The molecule has 3 atom stereocenters. The van der Waals surface area contributed by atoms with Crippen LogP contribution in [0.2, 0.25) is 0 Å². The molecule has 0 bridgehead atoms. The van der Waals surface area contributed by atoms with Crippen molar-refractivity contribution in [3.8, 4) is 0 Å². The first kappa shape index (κ1) is 33.4. The van der Waals surface area contributed by atoms with E-state index in [1.165, 1.54) is 12.8 Å². The summed E-state index contributed by atoms with van der Waals surface area (Å²) in [6.45, 7) is 2.85. The van der Waals surface area contributed by atoms with Crippen molar-refractivity contribution in [1.82, 2.24) is 14.9 Å². The number of carbonyl (C=O) groups is 2. The molecule has 2 amide bonds. The molecule has 0 spiro atoms. The van der Waals surface area contributed by atoms with Gasteiger partial charge in [-0.05, 0) is 82.7 Å². The van der Waals surface area contributed by atoms with Gasteiger partial charge in [0.1, 0.15) is 5.57 Å². The molecule has 0 aromatic rings. The molecule has 0 aromatic heterocycles. The van der Waals surface area contributed by atoms with Crippen LogP contribution in [0.5, 0.6) is 0 Å². The van der Waals surface area contributed by atoms with Gasteiger partial charge >= 0.3 is 0 Å². The van der Waals surface area contributed by atoms with Crippen LogP contribution in [0, 0.1) is 11.8 Å². The van der Waals surface area contributed by atoms with Gasteiger partial charge in [-0.3, -0.25) is 18.7 Å². The lowest BCUT2D eigenvalue weighted by molar-refractivity contribution is -0.160. The van der Waals surface area contributed by atoms with Crippen LogP contribution in [-0.4, -0.2) is 95.4 Å². The third-order valence-electron chi connectivity index (χ3n) is 9.75. The minimum Gasteiger partial charge on any atom is -0.300 e. The number of hydrazine groups is 1. The van der Waals surface area contributed by atoms with Gasteiger partial charge in [-0.15, -0.1) is 0 Å². The molecule has 240 valence electrons. The Morgan fingerprint density at radius 2 is 1.19 bits per heavy atom. The van der Waals surface area contributed by atoms with E-state index in [-0.39, 0.29) is 66.1 Å². The number of nitrogens with zero attached hydrogens (tertiary/aromatic N) is 3. The number of allylic oxidation sites excluding steroid dienone is 1. The summed E-state index contributed by atoms with van der Waals surface area (Å²) in [7, 11) is -8.21. The maximum atomic E-state index is 13.9. The van der Waals surface area contributed by atoms with Crippen LogP contribution in [0.1, 0.15) is 103 Å². The number of hydrogen-bond donors (Lipinski definition) is 2. The lowest BCUT2D eigenvalue weighted by Crippen LogP contribution is -2.53. The maximum absolute atomic E-state index is 13.9. The van der Waals surface area contributed by atoms with E-state index in [9.17, 15) is 26.4 Å². The molecule has 3 unspecified atom stereocenters. The minimum absolute atomic E-state index is 0.0427. The van der Waals surface area contributed by atoms with Crippen LogP contribution < -0.4 is 0 Å². The van der Waals surface area contributed by atoms with Gasteiger partial charge in [0.2, 0.25) is 0 Å². The highest BCUT2D eigenvalue weighted by molar-refractivity contribution is 7.86. The van der Waals surface area contributed by atoms with Crippen LogP contribution in [0.15, 0.2) is 11.6 Å². The molecule has 2 N–H and O–H groups in total. The average Bonchev–Trinajstić information content (AvgIpc) is 3.17. The van der Waals surface area contributed by atoms with Crippen molar-refractivity contribution in [3.63, 3.8) is 0 Å². The van der Waals surface area contributed by atoms with Crippen molar-refractivity contribution in [1.29, 1.82) is 0 Å². The van der Waals surface area contributed by atoms with Crippen molar-refractivity contribution in [2.24, 2.45) is 11.8 Å². The fraction of sp³-hybridized carbons (Fsp3) is 0.862. The second-order valence-corrected chi connectivity index (χ2v) is 16.0. The molecule has 4 aliphatic rings. The summed E-state index contributed by atoms with van der Waals surface area (Å²) in [5.41, 5.74) is 0.305. The Labute approximate surface area is 251 Å². The third kappa shape index (κ3) is 8.99. The Morgan fingerprint density at radius 1 is 0.738 bits per heavy atom.